The molecule has 37 heavy (non-hydrogen) atoms. The van der Waals surface area contributed by atoms with Gasteiger partial charge in [-0.05, 0) is 69.4 Å². The molecule has 1 fully saturated rings. The number of piperidine rings is 1. The van der Waals surface area contributed by atoms with Crippen LogP contribution in [0.5, 0.6) is 0 Å². The topological polar surface area (TPSA) is 80.3 Å². The first-order valence-corrected chi connectivity index (χ1v) is 13.5. The van der Waals surface area contributed by atoms with Crippen LogP contribution in [0.4, 0.5) is 5.69 Å². The molecule has 3 aromatic rings. The quantitative estimate of drug-likeness (QED) is 0.513. The summed E-state index contributed by atoms with van der Waals surface area (Å²) < 4.78 is 2.18. The molecule has 194 valence electrons. The summed E-state index contributed by atoms with van der Waals surface area (Å²) in [5, 5.41) is 1.87. The highest BCUT2D eigenvalue weighted by Gasteiger charge is 2.27. The molecule has 0 saturated carbocycles. The number of hydrogen-bond donors (Lipinski definition) is 1. The van der Waals surface area contributed by atoms with Gasteiger partial charge >= 0.3 is 0 Å². The summed E-state index contributed by atoms with van der Waals surface area (Å²) in [5.74, 6) is 0. The standard InChI is InChI=1S/C30H38N6O/c1-22-9-10-26(17-33-22)34-14-5-6-27(21-34)36(18-24-11-13-32-23(2)16-24)20-25-19-35(15-12-31)29-8-4-3-7-28(29)30(25)37/h7-11,13,16-17,19,27H,3-6,12,14-15,18,20-21,31H2,1-2H3. The minimum absolute atomic E-state index is 0.158. The fraction of sp³-hybridized carbons (Fsp3) is 0.433. The Morgan fingerprint density at radius 3 is 2.73 bits per heavy atom. The number of anilines is 1. The first-order chi connectivity index (χ1) is 18.0. The lowest BCUT2D eigenvalue weighted by molar-refractivity contribution is 0.158. The zero-order valence-electron chi connectivity index (χ0n) is 22.1. The number of rotatable bonds is 8. The van der Waals surface area contributed by atoms with E-state index in [4.69, 9.17) is 5.73 Å². The molecule has 1 saturated heterocycles. The van der Waals surface area contributed by atoms with Crippen molar-refractivity contribution in [2.24, 2.45) is 5.73 Å². The van der Waals surface area contributed by atoms with Gasteiger partial charge in [-0.25, -0.2) is 0 Å². The fourth-order valence-electron chi connectivity index (χ4n) is 5.67. The minimum Gasteiger partial charge on any atom is -0.369 e. The molecule has 1 unspecified atom stereocenters. The van der Waals surface area contributed by atoms with Crippen LogP contribution in [0.2, 0.25) is 0 Å². The Kier molecular flexibility index (Phi) is 7.82. The Balaban J connectivity index is 1.49. The highest BCUT2D eigenvalue weighted by molar-refractivity contribution is 5.45. The summed E-state index contributed by atoms with van der Waals surface area (Å²) in [4.78, 5) is 27.5. The van der Waals surface area contributed by atoms with E-state index in [1.54, 1.807) is 0 Å². The molecule has 4 heterocycles. The van der Waals surface area contributed by atoms with Crippen LogP contribution in [0.3, 0.4) is 0 Å². The maximum atomic E-state index is 13.7. The van der Waals surface area contributed by atoms with E-state index in [1.807, 2.05) is 26.2 Å². The largest absolute Gasteiger partial charge is 0.369 e. The average molecular weight is 499 g/mol. The fourth-order valence-corrected chi connectivity index (χ4v) is 5.67. The van der Waals surface area contributed by atoms with Crippen molar-refractivity contribution >= 4 is 17.8 Å². The van der Waals surface area contributed by atoms with E-state index < -0.39 is 0 Å². The molecule has 0 spiro atoms. The van der Waals surface area contributed by atoms with Gasteiger partial charge < -0.3 is 15.2 Å². The zero-order valence-corrected chi connectivity index (χ0v) is 22.1. The van der Waals surface area contributed by atoms with E-state index in [-0.39, 0.29) is 5.43 Å². The van der Waals surface area contributed by atoms with E-state index in [9.17, 15) is 4.79 Å². The molecule has 1 aliphatic carbocycles. The number of fused-ring (bicyclic) bond motifs is 1. The van der Waals surface area contributed by atoms with Crippen LogP contribution in [-0.4, -0.2) is 45.1 Å². The molecule has 7 nitrogen and oxygen atoms in total. The van der Waals surface area contributed by atoms with Gasteiger partial charge in [0.25, 0.3) is 0 Å². The molecule has 1 atom stereocenters. The van der Waals surface area contributed by atoms with Gasteiger partial charge in [0.1, 0.15) is 0 Å². The third-order valence-corrected chi connectivity index (χ3v) is 7.55. The van der Waals surface area contributed by atoms with Crippen molar-refractivity contribution in [3.05, 3.63) is 86.2 Å². The molecular weight excluding hydrogens is 460 g/mol. The van der Waals surface area contributed by atoms with Gasteiger partial charge in [0.05, 0.1) is 11.9 Å². The van der Waals surface area contributed by atoms with Crippen molar-refractivity contribution in [2.75, 3.05) is 24.5 Å². The number of pyridine rings is 3. The van der Waals surface area contributed by atoms with Crippen LogP contribution in [0.25, 0.3) is 12.2 Å². The van der Waals surface area contributed by atoms with Gasteiger partial charge in [-0.15, -0.1) is 0 Å². The molecule has 5 rings (SSSR count). The van der Waals surface area contributed by atoms with E-state index in [0.29, 0.717) is 25.7 Å². The average Bonchev–Trinajstić information content (AvgIpc) is 2.91. The molecule has 0 aromatic carbocycles. The molecular formula is C30H38N6O. The Labute approximate surface area is 219 Å². The summed E-state index contributed by atoms with van der Waals surface area (Å²) in [6.45, 7) is 8.63. The normalized spacial score (nSPS) is 17.3. The van der Waals surface area contributed by atoms with Gasteiger partial charge in [-0.1, -0.05) is 12.2 Å². The van der Waals surface area contributed by atoms with Gasteiger partial charge in [-0.2, -0.15) is 0 Å². The lowest BCUT2D eigenvalue weighted by Gasteiger charge is -2.40. The summed E-state index contributed by atoms with van der Waals surface area (Å²) >= 11 is 0. The second kappa shape index (κ2) is 11.4. The van der Waals surface area contributed by atoms with Crippen LogP contribution in [0.1, 0.15) is 48.2 Å². The molecule has 1 aliphatic heterocycles. The first kappa shape index (κ1) is 25.4. The number of aryl methyl sites for hydroxylation is 2. The lowest BCUT2D eigenvalue weighted by Crippen LogP contribution is -2.51. The summed E-state index contributed by atoms with van der Waals surface area (Å²) in [5.41, 5.74) is 11.4. The summed E-state index contributed by atoms with van der Waals surface area (Å²) in [7, 11) is 0. The Bertz CT molecular complexity index is 1410. The minimum atomic E-state index is 0.158. The lowest BCUT2D eigenvalue weighted by atomic mass is 10.0. The molecule has 2 aliphatic rings. The monoisotopic (exact) mass is 498 g/mol. The van der Waals surface area contributed by atoms with Gasteiger partial charge in [0, 0.05) is 85.2 Å². The predicted octanol–water partition coefficient (Wildman–Crippen LogP) is 2.24. The molecule has 2 N–H and O–H groups in total. The van der Waals surface area contributed by atoms with Crippen LogP contribution < -0.4 is 26.6 Å². The summed E-state index contributed by atoms with van der Waals surface area (Å²) in [6, 6.07) is 8.81. The van der Waals surface area contributed by atoms with E-state index in [2.05, 4.69) is 66.9 Å². The molecule has 3 aromatic heterocycles. The molecule has 0 bridgehead atoms. The van der Waals surface area contributed by atoms with Crippen molar-refractivity contribution in [1.82, 2.24) is 19.4 Å². The van der Waals surface area contributed by atoms with E-state index >= 15 is 0 Å². The SMILES string of the molecule is Cc1ccc(N2CCCC(N(Cc3ccnc(C)c3)Cc3cn(CCN)c4c(c3=O)=CCCC=4)C2)cn1. The second-order valence-corrected chi connectivity index (χ2v) is 10.4. The second-order valence-electron chi connectivity index (χ2n) is 10.4. The molecule has 0 amide bonds. The molecule has 0 radical (unpaired) electrons. The zero-order chi connectivity index (χ0) is 25.8. The van der Waals surface area contributed by atoms with Gasteiger partial charge in [0.15, 0.2) is 5.43 Å². The Hall–Kier alpha value is -3.29. The maximum Gasteiger partial charge on any atom is 0.193 e. The van der Waals surface area contributed by atoms with Crippen molar-refractivity contribution in [3.8, 4) is 0 Å². The van der Waals surface area contributed by atoms with Crippen molar-refractivity contribution in [2.45, 2.75) is 65.2 Å². The highest BCUT2D eigenvalue weighted by atomic mass is 16.1. The number of aromatic nitrogens is 3. The van der Waals surface area contributed by atoms with Gasteiger partial charge in [-0.3, -0.25) is 19.7 Å². The van der Waals surface area contributed by atoms with Crippen molar-refractivity contribution < 1.29 is 0 Å². The van der Waals surface area contributed by atoms with E-state index in [1.165, 1.54) is 11.3 Å². The van der Waals surface area contributed by atoms with Crippen LogP contribution >= 0.6 is 0 Å². The third-order valence-electron chi connectivity index (χ3n) is 7.55. The summed E-state index contributed by atoms with van der Waals surface area (Å²) in [6.07, 6.45) is 14.3. The highest BCUT2D eigenvalue weighted by Crippen LogP contribution is 2.24. The van der Waals surface area contributed by atoms with Gasteiger partial charge in [0.2, 0.25) is 0 Å². The molecule has 7 heteroatoms. The third kappa shape index (κ3) is 5.84. The Morgan fingerprint density at radius 1 is 1.08 bits per heavy atom. The van der Waals surface area contributed by atoms with Crippen molar-refractivity contribution in [3.63, 3.8) is 0 Å². The van der Waals surface area contributed by atoms with E-state index in [0.717, 1.165) is 72.8 Å². The number of nitrogens with two attached hydrogens (primary N) is 1. The van der Waals surface area contributed by atoms with Crippen molar-refractivity contribution in [1.29, 1.82) is 0 Å². The smallest absolute Gasteiger partial charge is 0.193 e. The van der Waals surface area contributed by atoms with Crippen LogP contribution in [0.15, 0.2) is 47.7 Å². The number of hydrogen-bond acceptors (Lipinski definition) is 6. The predicted molar refractivity (Wildman–Crippen MR) is 150 cm³/mol. The Morgan fingerprint density at radius 2 is 1.95 bits per heavy atom. The van der Waals surface area contributed by atoms with Crippen LogP contribution in [0, 0.1) is 13.8 Å². The maximum absolute atomic E-state index is 13.7. The van der Waals surface area contributed by atoms with Crippen LogP contribution in [-0.2, 0) is 19.6 Å². The number of nitrogens with zero attached hydrogens (tertiary/aromatic N) is 5. The first-order valence-electron chi connectivity index (χ1n) is 13.5.